The van der Waals surface area contributed by atoms with Gasteiger partial charge in [0.25, 0.3) is 0 Å². The van der Waals surface area contributed by atoms with Crippen LogP contribution in [0.15, 0.2) is 59.5 Å². The summed E-state index contributed by atoms with van der Waals surface area (Å²) in [6.07, 6.45) is 2.68. The number of carbonyl (C=O) groups excluding carboxylic acids is 1. The summed E-state index contributed by atoms with van der Waals surface area (Å²) in [4.78, 5) is 20.8. The zero-order chi connectivity index (χ0) is 17.1. The molecule has 2 aromatic carbocycles. The molecule has 0 spiro atoms. The van der Waals surface area contributed by atoms with E-state index in [1.165, 1.54) is 9.60 Å². The van der Waals surface area contributed by atoms with Crippen LogP contribution in [-0.2, 0) is 4.79 Å². The maximum Gasteiger partial charge on any atom is 0.224 e. The van der Waals surface area contributed by atoms with E-state index in [-0.39, 0.29) is 11.9 Å². The Bertz CT molecular complexity index is 829. The number of para-hydroxylation sites is 1. The second-order valence-corrected chi connectivity index (χ2v) is 8.41. The van der Waals surface area contributed by atoms with E-state index in [4.69, 9.17) is 4.98 Å². The van der Waals surface area contributed by atoms with Gasteiger partial charge in [-0.3, -0.25) is 4.79 Å². The summed E-state index contributed by atoms with van der Waals surface area (Å²) in [5.41, 5.74) is 1.04. The predicted octanol–water partition coefficient (Wildman–Crippen LogP) is 5.14. The van der Waals surface area contributed by atoms with Crippen LogP contribution in [0.25, 0.3) is 10.2 Å². The van der Waals surface area contributed by atoms with E-state index in [9.17, 15) is 4.79 Å². The minimum absolute atomic E-state index is 0.159. The van der Waals surface area contributed by atoms with E-state index >= 15 is 0 Å². The number of likely N-dealkylation sites (tertiary alicyclic amines) is 1. The summed E-state index contributed by atoms with van der Waals surface area (Å²) >= 11 is 3.47. The van der Waals surface area contributed by atoms with Gasteiger partial charge in [-0.25, -0.2) is 4.98 Å². The van der Waals surface area contributed by atoms with Gasteiger partial charge in [0, 0.05) is 23.6 Å². The molecule has 2 heterocycles. The number of hydrogen-bond acceptors (Lipinski definition) is 4. The zero-order valence-electron chi connectivity index (χ0n) is 13.9. The second-order valence-electron chi connectivity index (χ2n) is 6.18. The van der Waals surface area contributed by atoms with Crippen LogP contribution < -0.4 is 0 Å². The van der Waals surface area contributed by atoms with Crippen molar-refractivity contribution >= 4 is 39.2 Å². The topological polar surface area (TPSA) is 33.2 Å². The van der Waals surface area contributed by atoms with Crippen molar-refractivity contribution in [2.24, 2.45) is 0 Å². The maximum absolute atomic E-state index is 12.7. The first kappa shape index (κ1) is 16.6. The van der Waals surface area contributed by atoms with Gasteiger partial charge in [-0.05, 0) is 37.1 Å². The molecule has 1 saturated heterocycles. The lowest BCUT2D eigenvalue weighted by molar-refractivity contribution is -0.131. The smallest absolute Gasteiger partial charge is 0.224 e. The zero-order valence-corrected chi connectivity index (χ0v) is 15.6. The fourth-order valence-electron chi connectivity index (χ4n) is 3.27. The number of hydrogen-bond donors (Lipinski definition) is 0. The number of amides is 1. The Morgan fingerprint density at radius 1 is 1.16 bits per heavy atom. The van der Waals surface area contributed by atoms with Gasteiger partial charge < -0.3 is 4.90 Å². The van der Waals surface area contributed by atoms with Gasteiger partial charge in [-0.2, -0.15) is 0 Å². The average Bonchev–Trinajstić information content (AvgIpc) is 3.29. The van der Waals surface area contributed by atoms with Crippen molar-refractivity contribution in [3.05, 3.63) is 59.6 Å². The third-order valence-corrected chi connectivity index (χ3v) is 6.65. The number of thioether (sulfide) groups is 1. The fourth-order valence-corrected chi connectivity index (χ4v) is 5.25. The number of carbonyl (C=O) groups is 1. The number of nitrogens with zero attached hydrogens (tertiary/aromatic N) is 2. The molecule has 1 fully saturated rings. The molecular formula is C20H20N2OS2. The van der Waals surface area contributed by atoms with Crippen molar-refractivity contribution in [3.8, 4) is 0 Å². The molecule has 0 radical (unpaired) electrons. The van der Waals surface area contributed by atoms with Gasteiger partial charge in [0.15, 0.2) is 0 Å². The molecular weight excluding hydrogens is 348 g/mol. The SMILES string of the molecule is O=C(CCSc1ccccc1)N1CCCC1c1nc2ccccc2s1. The maximum atomic E-state index is 12.7. The Balaban J connectivity index is 1.41. The van der Waals surface area contributed by atoms with Crippen molar-refractivity contribution in [3.63, 3.8) is 0 Å². The highest BCUT2D eigenvalue weighted by molar-refractivity contribution is 7.99. The summed E-state index contributed by atoms with van der Waals surface area (Å²) in [5, 5.41) is 1.09. The van der Waals surface area contributed by atoms with Crippen LogP contribution in [0.4, 0.5) is 0 Å². The summed E-state index contributed by atoms with van der Waals surface area (Å²) < 4.78 is 1.21. The Kier molecular flexibility index (Phi) is 5.04. The van der Waals surface area contributed by atoms with E-state index in [0.717, 1.165) is 35.7 Å². The van der Waals surface area contributed by atoms with Crippen molar-refractivity contribution < 1.29 is 4.79 Å². The highest BCUT2D eigenvalue weighted by atomic mass is 32.2. The molecule has 128 valence electrons. The molecule has 1 aliphatic rings. The summed E-state index contributed by atoms with van der Waals surface area (Å²) in [7, 11) is 0. The average molecular weight is 369 g/mol. The van der Waals surface area contributed by atoms with E-state index in [0.29, 0.717) is 6.42 Å². The standard InChI is InChI=1S/C20H20N2OS2/c23-19(12-14-24-15-7-2-1-3-8-15)22-13-6-10-17(22)20-21-16-9-4-5-11-18(16)25-20/h1-5,7-9,11,17H,6,10,12-14H2. The van der Waals surface area contributed by atoms with Crippen LogP contribution in [0.2, 0.25) is 0 Å². The quantitative estimate of drug-likeness (QED) is 0.585. The lowest BCUT2D eigenvalue weighted by atomic mass is 10.2. The van der Waals surface area contributed by atoms with Crippen molar-refractivity contribution in [2.45, 2.75) is 30.2 Å². The van der Waals surface area contributed by atoms with Gasteiger partial charge in [0.1, 0.15) is 5.01 Å². The van der Waals surface area contributed by atoms with Crippen LogP contribution in [0, 0.1) is 0 Å². The highest BCUT2D eigenvalue weighted by Gasteiger charge is 2.31. The Morgan fingerprint density at radius 2 is 1.96 bits per heavy atom. The normalized spacial score (nSPS) is 17.3. The number of aromatic nitrogens is 1. The van der Waals surface area contributed by atoms with Gasteiger partial charge in [0.2, 0.25) is 5.91 Å². The third kappa shape index (κ3) is 3.72. The third-order valence-electron chi connectivity index (χ3n) is 4.50. The molecule has 1 aromatic heterocycles. The summed E-state index contributed by atoms with van der Waals surface area (Å²) in [6.45, 7) is 0.857. The Morgan fingerprint density at radius 3 is 2.80 bits per heavy atom. The fraction of sp³-hybridized carbons (Fsp3) is 0.300. The van der Waals surface area contributed by atoms with Gasteiger partial charge >= 0.3 is 0 Å². The lowest BCUT2D eigenvalue weighted by Crippen LogP contribution is -2.30. The van der Waals surface area contributed by atoms with Crippen LogP contribution >= 0.6 is 23.1 Å². The Hall–Kier alpha value is -1.85. The van der Waals surface area contributed by atoms with E-state index in [2.05, 4.69) is 18.2 Å². The first-order valence-electron chi connectivity index (χ1n) is 8.64. The molecule has 4 rings (SSSR count). The van der Waals surface area contributed by atoms with Gasteiger partial charge in [-0.1, -0.05) is 30.3 Å². The van der Waals surface area contributed by atoms with E-state index in [1.807, 2.05) is 41.3 Å². The minimum atomic E-state index is 0.159. The molecule has 25 heavy (non-hydrogen) atoms. The molecule has 1 unspecified atom stereocenters. The number of thiazole rings is 1. The largest absolute Gasteiger partial charge is 0.333 e. The summed E-state index contributed by atoms with van der Waals surface area (Å²) in [6, 6.07) is 18.6. The Labute approximate surface area is 156 Å². The lowest BCUT2D eigenvalue weighted by Gasteiger charge is -2.23. The van der Waals surface area contributed by atoms with Crippen LogP contribution in [0.3, 0.4) is 0 Å². The molecule has 0 bridgehead atoms. The molecule has 5 heteroatoms. The monoisotopic (exact) mass is 368 g/mol. The van der Waals surface area contributed by atoms with E-state index in [1.54, 1.807) is 23.1 Å². The van der Waals surface area contributed by atoms with E-state index < -0.39 is 0 Å². The molecule has 3 nitrogen and oxygen atoms in total. The second kappa shape index (κ2) is 7.58. The molecule has 0 saturated carbocycles. The van der Waals surface area contributed by atoms with Crippen LogP contribution in [0.1, 0.15) is 30.3 Å². The summed E-state index contributed by atoms with van der Waals surface area (Å²) in [5.74, 6) is 1.08. The molecule has 3 aromatic rings. The van der Waals surface area contributed by atoms with Crippen molar-refractivity contribution in [1.82, 2.24) is 9.88 Å². The van der Waals surface area contributed by atoms with Crippen LogP contribution in [0.5, 0.6) is 0 Å². The van der Waals surface area contributed by atoms with Gasteiger partial charge in [-0.15, -0.1) is 23.1 Å². The predicted molar refractivity (Wildman–Crippen MR) is 105 cm³/mol. The molecule has 0 aliphatic carbocycles. The van der Waals surface area contributed by atoms with Crippen molar-refractivity contribution in [1.29, 1.82) is 0 Å². The first-order chi connectivity index (χ1) is 12.3. The highest BCUT2D eigenvalue weighted by Crippen LogP contribution is 2.36. The molecule has 0 N–H and O–H groups in total. The van der Waals surface area contributed by atoms with Crippen molar-refractivity contribution in [2.75, 3.05) is 12.3 Å². The number of benzene rings is 2. The minimum Gasteiger partial charge on any atom is -0.333 e. The molecule has 1 amide bonds. The van der Waals surface area contributed by atoms with Gasteiger partial charge in [0.05, 0.1) is 16.3 Å². The molecule has 1 aliphatic heterocycles. The number of fused-ring (bicyclic) bond motifs is 1. The van der Waals surface area contributed by atoms with Crippen LogP contribution in [-0.4, -0.2) is 28.1 Å². The number of rotatable bonds is 5. The first-order valence-corrected chi connectivity index (χ1v) is 10.4. The molecule has 1 atom stereocenters.